The molecular formula is C32H38ClF2NO4S. The fraction of sp³-hybridized carbons (Fsp3) is 0.625. The number of hydrogen-bond donors (Lipinski definition) is 1. The van der Waals surface area contributed by atoms with Gasteiger partial charge in [0.25, 0.3) is 0 Å². The molecule has 9 heteroatoms. The van der Waals surface area contributed by atoms with Gasteiger partial charge in [0.15, 0.2) is 17.1 Å². The fourth-order valence-electron chi connectivity index (χ4n) is 8.90. The minimum atomic E-state index is -2.18. The third-order valence-electron chi connectivity index (χ3n) is 11.1. The first-order chi connectivity index (χ1) is 19.3. The minimum Gasteiger partial charge on any atom is -0.390 e. The van der Waals surface area contributed by atoms with Crippen molar-refractivity contribution < 1.29 is 28.3 Å². The first kappa shape index (κ1) is 29.5. The molecule has 5 nitrogen and oxygen atoms in total. The molecule has 41 heavy (non-hydrogen) atoms. The number of thioether (sulfide) groups is 1. The number of carbonyl (C=O) groups excluding carboxylic acids is 2. The van der Waals surface area contributed by atoms with E-state index in [9.17, 15) is 14.7 Å². The Bertz CT molecular complexity index is 1320. The van der Waals surface area contributed by atoms with Crippen LogP contribution in [0, 0.1) is 28.6 Å². The van der Waals surface area contributed by atoms with Gasteiger partial charge >= 0.3 is 0 Å². The molecule has 4 fully saturated rings. The quantitative estimate of drug-likeness (QED) is 0.417. The summed E-state index contributed by atoms with van der Waals surface area (Å²) in [5.74, 6) is -1.84. The van der Waals surface area contributed by atoms with Crippen molar-refractivity contribution in [2.75, 3.05) is 6.54 Å². The molecule has 0 bridgehead atoms. The Morgan fingerprint density at radius 1 is 1.24 bits per heavy atom. The molecule has 5 aliphatic rings. The van der Waals surface area contributed by atoms with E-state index in [1.165, 1.54) is 30.0 Å². The van der Waals surface area contributed by atoms with Crippen molar-refractivity contribution in [1.82, 2.24) is 5.06 Å². The predicted molar refractivity (Wildman–Crippen MR) is 156 cm³/mol. The fourth-order valence-corrected chi connectivity index (χ4v) is 10.2. The molecule has 1 aliphatic heterocycles. The maximum absolute atomic E-state index is 17.6. The number of fused-ring (bicyclic) bond motifs is 7. The molecule has 1 heterocycles. The molecule has 0 spiro atoms. The summed E-state index contributed by atoms with van der Waals surface area (Å²) in [6, 6.07) is 7.48. The molecule has 1 N–H and O–H groups in total. The molecule has 1 saturated heterocycles. The van der Waals surface area contributed by atoms with Gasteiger partial charge in [-0.1, -0.05) is 62.3 Å². The Morgan fingerprint density at radius 2 is 1.95 bits per heavy atom. The average molecular weight is 606 g/mol. The van der Waals surface area contributed by atoms with Crippen LogP contribution in [-0.4, -0.2) is 56.4 Å². The molecule has 4 aliphatic carbocycles. The van der Waals surface area contributed by atoms with Crippen LogP contribution in [0.5, 0.6) is 0 Å². The van der Waals surface area contributed by atoms with E-state index in [0.29, 0.717) is 24.5 Å². The highest BCUT2D eigenvalue weighted by molar-refractivity contribution is 8.14. The van der Waals surface area contributed by atoms with Gasteiger partial charge in [0.05, 0.1) is 6.10 Å². The van der Waals surface area contributed by atoms with Crippen molar-refractivity contribution in [3.05, 3.63) is 58.7 Å². The summed E-state index contributed by atoms with van der Waals surface area (Å²) >= 11 is 7.34. The zero-order valence-electron chi connectivity index (χ0n) is 23.9. The standard InChI is InChI=1S/C32H38ClF2NO4S/c1-5-18(2)41-28(39)32-20(17-36(40-32)16-19-6-8-21(33)9-7-19)12-23-24-14-26(34)25-13-22(37)10-11-29(25,3)31(24,35)27(38)15-30(23,32)4/h6-11,13,18,20,23-24,26-27,38H,5,12,14-17H2,1-4H3/t18?,20-,23-,24-,26-,27-,29-,30-,31-,32-/m0/s1. The van der Waals surface area contributed by atoms with Gasteiger partial charge in [0.1, 0.15) is 6.17 Å². The predicted octanol–water partition coefficient (Wildman–Crippen LogP) is 6.43. The number of aliphatic hydroxyl groups is 1. The van der Waals surface area contributed by atoms with E-state index in [2.05, 4.69) is 0 Å². The highest BCUT2D eigenvalue weighted by atomic mass is 35.5. The smallest absolute Gasteiger partial charge is 0.224 e. The van der Waals surface area contributed by atoms with E-state index in [0.717, 1.165) is 12.0 Å². The summed E-state index contributed by atoms with van der Waals surface area (Å²) in [5.41, 5.74) is -4.74. The Labute approximate surface area is 249 Å². The van der Waals surface area contributed by atoms with Crippen LogP contribution in [0.15, 0.2) is 48.1 Å². The second kappa shape index (κ2) is 9.98. The van der Waals surface area contributed by atoms with Crippen molar-refractivity contribution in [3.8, 4) is 0 Å². The molecular weight excluding hydrogens is 568 g/mol. The number of halogens is 3. The van der Waals surface area contributed by atoms with E-state index >= 15 is 8.78 Å². The molecule has 6 rings (SSSR count). The average Bonchev–Trinajstić information content (AvgIpc) is 3.40. The van der Waals surface area contributed by atoms with Gasteiger partial charge < -0.3 is 5.11 Å². The van der Waals surface area contributed by atoms with Crippen LogP contribution in [0.3, 0.4) is 0 Å². The summed E-state index contributed by atoms with van der Waals surface area (Å²) in [5, 5.41) is 14.2. The zero-order chi connectivity index (χ0) is 29.5. The molecule has 0 amide bonds. The lowest BCUT2D eigenvalue weighted by Gasteiger charge is -2.63. The van der Waals surface area contributed by atoms with Crippen LogP contribution < -0.4 is 0 Å². The summed E-state index contributed by atoms with van der Waals surface area (Å²) in [6.45, 7) is 8.51. The third kappa shape index (κ3) is 4.03. The Kier molecular flexibility index (Phi) is 7.18. The maximum atomic E-state index is 17.6. The number of ketones is 1. The molecule has 0 aromatic heterocycles. The van der Waals surface area contributed by atoms with Gasteiger partial charge in [-0.05, 0) is 73.9 Å². The Hall–Kier alpha value is -1.58. The molecule has 1 aromatic carbocycles. The van der Waals surface area contributed by atoms with Crippen molar-refractivity contribution >= 4 is 34.3 Å². The largest absolute Gasteiger partial charge is 0.390 e. The SMILES string of the molecule is CCC(C)SC(=O)[C@@]12ON(Cc3ccc(Cl)cc3)C[C@@H]1C[C@H]1[C@@H]3C[C@H](F)C4=CC(=O)C=C[C@]4(C)[C@@]3(F)[C@@H](O)C[C@@]12C. The molecule has 0 radical (unpaired) electrons. The Balaban J connectivity index is 1.40. The monoisotopic (exact) mass is 605 g/mol. The van der Waals surface area contributed by atoms with Crippen LogP contribution in [-0.2, 0) is 21.0 Å². The second-order valence-electron chi connectivity index (χ2n) is 13.2. The highest BCUT2D eigenvalue weighted by Crippen LogP contribution is 2.73. The van der Waals surface area contributed by atoms with E-state index < -0.39 is 40.3 Å². The van der Waals surface area contributed by atoms with E-state index in [-0.39, 0.29) is 46.4 Å². The van der Waals surface area contributed by atoms with E-state index in [4.69, 9.17) is 16.4 Å². The third-order valence-corrected chi connectivity index (χ3v) is 12.6. The van der Waals surface area contributed by atoms with Crippen LogP contribution in [0.2, 0.25) is 5.02 Å². The summed E-state index contributed by atoms with van der Waals surface area (Å²) in [6.07, 6.45) is 2.12. The number of allylic oxidation sites excluding steroid dienone is 4. The lowest BCUT2D eigenvalue weighted by atomic mass is 9.44. The first-order valence-electron chi connectivity index (χ1n) is 14.7. The molecule has 10 atom stereocenters. The van der Waals surface area contributed by atoms with Gasteiger partial charge in [-0.15, -0.1) is 0 Å². The zero-order valence-corrected chi connectivity index (χ0v) is 25.5. The number of aliphatic hydroxyl groups excluding tert-OH is 1. The number of hydroxylamine groups is 2. The highest BCUT2D eigenvalue weighted by Gasteiger charge is 2.79. The van der Waals surface area contributed by atoms with Crippen LogP contribution in [0.4, 0.5) is 8.78 Å². The lowest BCUT2D eigenvalue weighted by Crippen LogP contribution is -2.70. The van der Waals surface area contributed by atoms with E-state index in [1.54, 1.807) is 6.92 Å². The van der Waals surface area contributed by atoms with E-state index in [1.807, 2.05) is 50.1 Å². The number of hydrogen-bond acceptors (Lipinski definition) is 6. The number of alkyl halides is 2. The van der Waals surface area contributed by atoms with Gasteiger partial charge in [-0.2, -0.15) is 5.06 Å². The van der Waals surface area contributed by atoms with Crippen LogP contribution in [0.1, 0.15) is 58.9 Å². The molecule has 3 saturated carbocycles. The number of rotatable bonds is 5. The van der Waals surface area contributed by atoms with Crippen LogP contribution in [0.25, 0.3) is 0 Å². The van der Waals surface area contributed by atoms with Gasteiger partial charge in [-0.25, -0.2) is 8.78 Å². The summed E-state index contributed by atoms with van der Waals surface area (Å²) in [4.78, 5) is 33.2. The normalized spacial score (nSPS) is 44.0. The van der Waals surface area contributed by atoms with Gasteiger partial charge in [0, 0.05) is 46.0 Å². The number of benzene rings is 1. The van der Waals surface area contributed by atoms with Crippen molar-refractivity contribution in [2.24, 2.45) is 28.6 Å². The van der Waals surface area contributed by atoms with Crippen molar-refractivity contribution in [3.63, 3.8) is 0 Å². The second-order valence-corrected chi connectivity index (χ2v) is 15.0. The summed E-state index contributed by atoms with van der Waals surface area (Å²) < 4.78 is 33.5. The molecule has 1 unspecified atom stereocenters. The van der Waals surface area contributed by atoms with Gasteiger partial charge in [0.2, 0.25) is 5.12 Å². The molecule has 222 valence electrons. The topological polar surface area (TPSA) is 66.8 Å². The minimum absolute atomic E-state index is 0.00433. The van der Waals surface area contributed by atoms with Gasteiger partial charge in [-0.3, -0.25) is 14.4 Å². The molecule has 1 aromatic rings. The van der Waals surface area contributed by atoms with Crippen LogP contribution >= 0.6 is 23.4 Å². The maximum Gasteiger partial charge on any atom is 0.224 e. The lowest BCUT2D eigenvalue weighted by molar-refractivity contribution is -0.266. The first-order valence-corrected chi connectivity index (χ1v) is 15.9. The number of nitrogens with zero attached hydrogens (tertiary/aromatic N) is 1. The number of carbonyl (C=O) groups is 2. The Morgan fingerprint density at radius 3 is 2.63 bits per heavy atom. The van der Waals surface area contributed by atoms with Crippen molar-refractivity contribution in [2.45, 2.75) is 88.7 Å². The van der Waals surface area contributed by atoms with Crippen molar-refractivity contribution in [1.29, 1.82) is 0 Å². The summed E-state index contributed by atoms with van der Waals surface area (Å²) in [7, 11) is 0.